The van der Waals surface area contributed by atoms with Gasteiger partial charge in [-0.05, 0) is 46.3 Å². The van der Waals surface area contributed by atoms with Crippen molar-refractivity contribution in [3.05, 3.63) is 37.8 Å². The second-order valence-corrected chi connectivity index (χ2v) is 3.59. The molecular weight excluding hydrogens is 297 g/mol. The number of carbonyl (C=O) groups excluding carboxylic acids is 1. The largest absolute Gasteiger partial charge is 0.465 e. The van der Waals surface area contributed by atoms with Crippen LogP contribution in [0.2, 0.25) is 0 Å². The maximum absolute atomic E-state index is 11.2. The van der Waals surface area contributed by atoms with Crippen LogP contribution >= 0.6 is 22.6 Å². The van der Waals surface area contributed by atoms with Gasteiger partial charge in [-0.25, -0.2) is 4.79 Å². The average Bonchev–Trinajstić information content (AvgIpc) is 2.17. The van der Waals surface area contributed by atoms with Gasteiger partial charge in [0.15, 0.2) is 0 Å². The zero-order chi connectivity index (χ0) is 10.6. The van der Waals surface area contributed by atoms with E-state index in [1.54, 1.807) is 18.2 Å². The summed E-state index contributed by atoms with van der Waals surface area (Å²) in [6, 6.07) is 4.92. The van der Waals surface area contributed by atoms with E-state index in [9.17, 15) is 4.79 Å². The third-order valence-corrected chi connectivity index (χ3v) is 2.19. The third-order valence-electron chi connectivity index (χ3n) is 1.52. The Labute approximate surface area is 93.8 Å². The molecule has 0 N–H and O–H groups in total. The quantitative estimate of drug-likeness (QED) is 0.277. The Morgan fingerprint density at radius 1 is 1.64 bits per heavy atom. The van der Waals surface area contributed by atoms with Gasteiger partial charge >= 0.3 is 5.97 Å². The molecule has 0 spiro atoms. The van der Waals surface area contributed by atoms with E-state index in [2.05, 4.69) is 37.4 Å². The predicted molar refractivity (Wildman–Crippen MR) is 59.3 cm³/mol. The van der Waals surface area contributed by atoms with Gasteiger partial charge in [0.2, 0.25) is 0 Å². The highest BCUT2D eigenvalue weighted by Gasteiger charge is 2.10. The summed E-state index contributed by atoms with van der Waals surface area (Å²) in [5, 5.41) is 3.41. The first kappa shape index (κ1) is 10.8. The average molecular weight is 303 g/mol. The second kappa shape index (κ2) is 4.83. The highest BCUT2D eigenvalue weighted by molar-refractivity contribution is 14.1. The Bertz CT molecular complexity index is 413. The molecule has 0 bridgehead atoms. The molecule has 0 unspecified atom stereocenters. The molecular formula is C8H6IN3O2. The third kappa shape index (κ3) is 2.36. The molecule has 1 aromatic carbocycles. The van der Waals surface area contributed by atoms with Gasteiger partial charge in [-0.2, -0.15) is 0 Å². The lowest BCUT2D eigenvalue weighted by Gasteiger charge is -2.02. The molecule has 0 heterocycles. The van der Waals surface area contributed by atoms with Gasteiger partial charge in [0.1, 0.15) is 0 Å². The Morgan fingerprint density at radius 2 is 2.36 bits per heavy atom. The molecule has 0 radical (unpaired) electrons. The lowest BCUT2D eigenvalue weighted by molar-refractivity contribution is 0.0601. The standard InChI is InChI=1S/C8H6IN3O2/c1-14-8(13)6-3-2-5(9)4-7(6)11-12-10/h2-4H,1H3. The van der Waals surface area contributed by atoms with Crippen molar-refractivity contribution in [3.63, 3.8) is 0 Å². The van der Waals surface area contributed by atoms with Gasteiger partial charge in [-0.15, -0.1) is 0 Å². The molecule has 0 aromatic heterocycles. The number of methoxy groups -OCH3 is 1. The molecule has 0 fully saturated rings. The fourth-order valence-electron chi connectivity index (χ4n) is 0.918. The molecule has 1 rings (SSSR count). The number of halogens is 1. The summed E-state index contributed by atoms with van der Waals surface area (Å²) >= 11 is 2.06. The lowest BCUT2D eigenvalue weighted by Crippen LogP contribution is -2.01. The number of rotatable bonds is 2. The molecule has 0 saturated heterocycles. The van der Waals surface area contributed by atoms with Crippen LogP contribution in [0.25, 0.3) is 10.4 Å². The van der Waals surface area contributed by atoms with Crippen LogP contribution in [0.4, 0.5) is 5.69 Å². The summed E-state index contributed by atoms with van der Waals surface area (Å²) in [4.78, 5) is 13.9. The van der Waals surface area contributed by atoms with Crippen LogP contribution in [0.3, 0.4) is 0 Å². The molecule has 14 heavy (non-hydrogen) atoms. The van der Waals surface area contributed by atoms with Crippen molar-refractivity contribution in [1.29, 1.82) is 0 Å². The molecule has 0 aliphatic carbocycles. The zero-order valence-electron chi connectivity index (χ0n) is 7.27. The zero-order valence-corrected chi connectivity index (χ0v) is 9.43. The van der Waals surface area contributed by atoms with Gasteiger partial charge < -0.3 is 4.74 Å². The van der Waals surface area contributed by atoms with Crippen molar-refractivity contribution in [2.24, 2.45) is 5.11 Å². The van der Waals surface area contributed by atoms with Crippen LogP contribution in [0, 0.1) is 3.57 Å². The summed E-state index contributed by atoms with van der Waals surface area (Å²) in [6.45, 7) is 0. The van der Waals surface area contributed by atoms with Crippen LogP contribution in [-0.2, 0) is 4.74 Å². The second-order valence-electron chi connectivity index (χ2n) is 2.34. The highest BCUT2D eigenvalue weighted by atomic mass is 127. The first-order valence-corrected chi connectivity index (χ1v) is 4.70. The van der Waals surface area contributed by atoms with Gasteiger partial charge in [-0.1, -0.05) is 5.11 Å². The number of carbonyl (C=O) groups is 1. The minimum atomic E-state index is -0.510. The van der Waals surface area contributed by atoms with E-state index in [1.165, 1.54) is 7.11 Å². The van der Waals surface area contributed by atoms with Crippen molar-refractivity contribution < 1.29 is 9.53 Å². The summed E-state index contributed by atoms with van der Waals surface area (Å²) in [6.07, 6.45) is 0. The van der Waals surface area contributed by atoms with Crippen molar-refractivity contribution in [2.75, 3.05) is 7.11 Å². The fraction of sp³-hybridized carbons (Fsp3) is 0.125. The minimum absolute atomic E-state index is 0.269. The normalized spacial score (nSPS) is 9.00. The number of nitrogens with zero attached hydrogens (tertiary/aromatic N) is 3. The van der Waals surface area contributed by atoms with Crippen LogP contribution in [0.5, 0.6) is 0 Å². The van der Waals surface area contributed by atoms with Crippen LogP contribution in [0.1, 0.15) is 10.4 Å². The Morgan fingerprint density at radius 3 is 2.93 bits per heavy atom. The highest BCUT2D eigenvalue weighted by Crippen LogP contribution is 2.22. The van der Waals surface area contributed by atoms with E-state index in [0.717, 1.165) is 3.57 Å². The first-order chi connectivity index (χ1) is 6.69. The van der Waals surface area contributed by atoms with Gasteiger partial charge in [0, 0.05) is 8.48 Å². The predicted octanol–water partition coefficient (Wildman–Crippen LogP) is 3.02. The lowest BCUT2D eigenvalue weighted by atomic mass is 10.2. The molecule has 72 valence electrons. The molecule has 1 aromatic rings. The first-order valence-electron chi connectivity index (χ1n) is 3.62. The molecule has 0 atom stereocenters. The van der Waals surface area contributed by atoms with Crippen molar-refractivity contribution in [2.45, 2.75) is 0 Å². The van der Waals surface area contributed by atoms with E-state index in [4.69, 9.17) is 5.53 Å². The molecule has 5 nitrogen and oxygen atoms in total. The van der Waals surface area contributed by atoms with Crippen molar-refractivity contribution in [1.82, 2.24) is 0 Å². The SMILES string of the molecule is COC(=O)c1ccc(I)cc1N=[N+]=[N-]. The van der Waals surface area contributed by atoms with E-state index in [0.29, 0.717) is 0 Å². The Hall–Kier alpha value is -1.27. The number of hydrogen-bond donors (Lipinski definition) is 0. The van der Waals surface area contributed by atoms with Gasteiger partial charge in [0.25, 0.3) is 0 Å². The number of ether oxygens (including phenoxy) is 1. The fourth-order valence-corrected chi connectivity index (χ4v) is 1.39. The number of esters is 1. The van der Waals surface area contributed by atoms with E-state index >= 15 is 0 Å². The van der Waals surface area contributed by atoms with E-state index in [1.807, 2.05) is 0 Å². The molecule has 6 heteroatoms. The smallest absolute Gasteiger partial charge is 0.338 e. The molecule has 0 aliphatic rings. The summed E-state index contributed by atoms with van der Waals surface area (Å²) in [5.74, 6) is -0.510. The van der Waals surface area contributed by atoms with Gasteiger partial charge in [-0.3, -0.25) is 0 Å². The van der Waals surface area contributed by atoms with Crippen molar-refractivity contribution >= 4 is 34.2 Å². The molecule has 0 amide bonds. The molecule has 0 aliphatic heterocycles. The number of benzene rings is 1. The summed E-state index contributed by atoms with van der Waals surface area (Å²) < 4.78 is 5.43. The van der Waals surface area contributed by atoms with Gasteiger partial charge in [0.05, 0.1) is 18.4 Å². The van der Waals surface area contributed by atoms with Crippen LogP contribution < -0.4 is 0 Å². The Kier molecular flexibility index (Phi) is 3.73. The number of hydrogen-bond acceptors (Lipinski definition) is 3. The van der Waals surface area contributed by atoms with Crippen LogP contribution in [0.15, 0.2) is 23.3 Å². The van der Waals surface area contributed by atoms with Crippen LogP contribution in [-0.4, -0.2) is 13.1 Å². The topological polar surface area (TPSA) is 75.1 Å². The Balaban J connectivity index is 3.28. The monoisotopic (exact) mass is 303 g/mol. The van der Waals surface area contributed by atoms with E-state index in [-0.39, 0.29) is 11.3 Å². The maximum atomic E-state index is 11.2. The number of azide groups is 1. The molecule has 0 saturated carbocycles. The minimum Gasteiger partial charge on any atom is -0.465 e. The summed E-state index contributed by atoms with van der Waals surface area (Å²) in [7, 11) is 1.28. The maximum Gasteiger partial charge on any atom is 0.338 e. The summed E-state index contributed by atoms with van der Waals surface area (Å²) in [5.41, 5.74) is 8.85. The van der Waals surface area contributed by atoms with Crippen molar-refractivity contribution in [3.8, 4) is 0 Å². The van der Waals surface area contributed by atoms with E-state index < -0.39 is 5.97 Å².